The number of methoxy groups -OCH3 is 1. The van der Waals surface area contributed by atoms with Crippen LogP contribution in [0.5, 0.6) is 5.75 Å². The summed E-state index contributed by atoms with van der Waals surface area (Å²) in [6, 6.07) is 6.93. The quantitative estimate of drug-likeness (QED) is 0.335. The number of esters is 1. The number of amides is 1. The Hall–Kier alpha value is -4.28. The van der Waals surface area contributed by atoms with E-state index in [0.29, 0.717) is 12.2 Å². The highest BCUT2D eigenvalue weighted by molar-refractivity contribution is 5.97. The molecule has 0 spiro atoms. The van der Waals surface area contributed by atoms with Crippen LogP contribution in [-0.2, 0) is 16.1 Å². The van der Waals surface area contributed by atoms with Gasteiger partial charge in [0.25, 0.3) is 11.6 Å². The molecule has 166 valence electrons. The van der Waals surface area contributed by atoms with Crippen molar-refractivity contribution in [2.24, 2.45) is 0 Å². The molecule has 0 saturated carbocycles. The third-order valence-corrected chi connectivity index (χ3v) is 4.62. The van der Waals surface area contributed by atoms with E-state index in [9.17, 15) is 24.5 Å². The highest BCUT2D eigenvalue weighted by atomic mass is 16.6. The number of ether oxygens (including phenoxy) is 2. The summed E-state index contributed by atoms with van der Waals surface area (Å²) in [5.74, 6) is -1.54. The Morgan fingerprint density at radius 3 is 2.66 bits per heavy atom. The Balaban J connectivity index is 1.78. The van der Waals surface area contributed by atoms with Crippen LogP contribution in [0.25, 0.3) is 11.0 Å². The lowest BCUT2D eigenvalue weighted by atomic mass is 10.2. The first-order valence-corrected chi connectivity index (χ1v) is 9.55. The van der Waals surface area contributed by atoms with Crippen LogP contribution >= 0.6 is 0 Å². The SMILES string of the molecule is CCn1cc(C(=O)OCC(=O)Nc2cc([N+](=O)[O-])ccc2OC)c(=O)c2ccc(C)nc21. The predicted molar refractivity (Wildman–Crippen MR) is 115 cm³/mol. The standard InChI is InChI=1S/C21H20N4O7/c1-4-24-10-15(19(27)14-7-5-12(2)22-20(14)24)21(28)32-11-18(26)23-16-9-13(25(29)30)6-8-17(16)31-3/h5-10H,4,11H2,1-3H3,(H,23,26). The predicted octanol–water partition coefficient (Wildman–Crippen LogP) is 2.44. The van der Waals surface area contributed by atoms with Crippen LogP contribution in [0.1, 0.15) is 23.0 Å². The highest BCUT2D eigenvalue weighted by Gasteiger charge is 2.19. The van der Waals surface area contributed by atoms with E-state index in [0.717, 1.165) is 11.8 Å². The maximum absolute atomic E-state index is 12.7. The van der Waals surface area contributed by atoms with Gasteiger partial charge in [0.2, 0.25) is 5.43 Å². The molecular weight excluding hydrogens is 420 g/mol. The number of aryl methyl sites for hydroxylation is 2. The molecule has 0 saturated heterocycles. The molecule has 0 aliphatic heterocycles. The molecule has 0 aliphatic carbocycles. The summed E-state index contributed by atoms with van der Waals surface area (Å²) in [7, 11) is 1.34. The summed E-state index contributed by atoms with van der Waals surface area (Å²) < 4.78 is 11.7. The second-order valence-electron chi connectivity index (χ2n) is 6.75. The van der Waals surface area contributed by atoms with Crippen LogP contribution in [-0.4, -0.2) is 40.1 Å². The van der Waals surface area contributed by atoms with Gasteiger partial charge in [-0.3, -0.25) is 19.7 Å². The first-order chi connectivity index (χ1) is 15.2. The first kappa shape index (κ1) is 22.4. The Morgan fingerprint density at radius 1 is 1.25 bits per heavy atom. The summed E-state index contributed by atoms with van der Waals surface area (Å²) in [6.45, 7) is 3.38. The molecule has 0 fully saturated rings. The number of rotatable bonds is 7. The van der Waals surface area contributed by atoms with Crippen LogP contribution in [0.3, 0.4) is 0 Å². The van der Waals surface area contributed by atoms with Gasteiger partial charge < -0.3 is 19.4 Å². The van der Waals surface area contributed by atoms with Crippen molar-refractivity contribution in [2.45, 2.75) is 20.4 Å². The van der Waals surface area contributed by atoms with Crippen molar-refractivity contribution < 1.29 is 24.0 Å². The first-order valence-electron chi connectivity index (χ1n) is 9.55. The number of aromatic nitrogens is 2. The molecule has 0 aliphatic rings. The molecule has 0 unspecified atom stereocenters. The molecule has 0 bridgehead atoms. The molecule has 1 aromatic carbocycles. The minimum atomic E-state index is -0.971. The maximum Gasteiger partial charge on any atom is 0.344 e. The third-order valence-electron chi connectivity index (χ3n) is 4.62. The maximum atomic E-state index is 12.7. The largest absolute Gasteiger partial charge is 0.495 e. The number of non-ortho nitro benzene ring substituents is 1. The van der Waals surface area contributed by atoms with Gasteiger partial charge in [-0.25, -0.2) is 9.78 Å². The van der Waals surface area contributed by atoms with Crippen molar-refractivity contribution in [3.8, 4) is 5.75 Å². The molecule has 0 radical (unpaired) electrons. The Morgan fingerprint density at radius 2 is 2.00 bits per heavy atom. The Kier molecular flexibility index (Phi) is 6.47. The molecule has 3 aromatic rings. The summed E-state index contributed by atoms with van der Waals surface area (Å²) in [5.41, 5.74) is 0.183. The number of nitro groups is 1. The van der Waals surface area contributed by atoms with Crippen molar-refractivity contribution in [3.63, 3.8) is 0 Å². The zero-order valence-electron chi connectivity index (χ0n) is 17.6. The summed E-state index contributed by atoms with van der Waals surface area (Å²) >= 11 is 0. The van der Waals surface area contributed by atoms with Gasteiger partial charge in [-0.1, -0.05) is 0 Å². The summed E-state index contributed by atoms with van der Waals surface area (Å²) in [4.78, 5) is 52.2. The molecule has 32 heavy (non-hydrogen) atoms. The molecule has 2 heterocycles. The zero-order chi connectivity index (χ0) is 23.4. The van der Waals surface area contributed by atoms with Gasteiger partial charge in [0.15, 0.2) is 6.61 Å². The third kappa shape index (κ3) is 4.56. The average molecular weight is 440 g/mol. The van der Waals surface area contributed by atoms with E-state index in [-0.39, 0.29) is 28.1 Å². The molecule has 0 atom stereocenters. The fourth-order valence-electron chi connectivity index (χ4n) is 3.05. The monoisotopic (exact) mass is 440 g/mol. The number of carbonyl (C=O) groups excluding carboxylic acids is 2. The number of nitrogens with zero attached hydrogens (tertiary/aromatic N) is 3. The highest BCUT2D eigenvalue weighted by Crippen LogP contribution is 2.28. The van der Waals surface area contributed by atoms with Gasteiger partial charge in [0.05, 0.1) is 23.1 Å². The van der Waals surface area contributed by atoms with Crippen LogP contribution in [0.2, 0.25) is 0 Å². The van der Waals surface area contributed by atoms with Crippen LogP contribution in [0.4, 0.5) is 11.4 Å². The fourth-order valence-corrected chi connectivity index (χ4v) is 3.05. The van der Waals surface area contributed by atoms with Gasteiger partial charge >= 0.3 is 5.97 Å². The van der Waals surface area contributed by atoms with E-state index in [1.807, 2.05) is 6.92 Å². The van der Waals surface area contributed by atoms with Crippen molar-refractivity contribution in [3.05, 3.63) is 68.1 Å². The van der Waals surface area contributed by atoms with E-state index in [4.69, 9.17) is 9.47 Å². The van der Waals surface area contributed by atoms with E-state index >= 15 is 0 Å². The normalized spacial score (nSPS) is 10.6. The minimum absolute atomic E-state index is 0.0447. The fraction of sp³-hybridized carbons (Fsp3) is 0.238. The zero-order valence-corrected chi connectivity index (χ0v) is 17.6. The Bertz CT molecular complexity index is 1280. The number of benzene rings is 1. The summed E-state index contributed by atoms with van der Waals surface area (Å²) in [5, 5.41) is 13.6. The number of carbonyl (C=O) groups is 2. The van der Waals surface area contributed by atoms with Gasteiger partial charge in [-0.15, -0.1) is 0 Å². The number of hydrogen-bond acceptors (Lipinski definition) is 8. The van der Waals surface area contributed by atoms with E-state index in [2.05, 4.69) is 10.3 Å². The van der Waals surface area contributed by atoms with Crippen molar-refractivity contribution in [2.75, 3.05) is 19.0 Å². The number of fused-ring (bicyclic) bond motifs is 1. The molecular formula is C21H20N4O7. The molecule has 1 amide bonds. The lowest BCUT2D eigenvalue weighted by Crippen LogP contribution is -2.25. The van der Waals surface area contributed by atoms with Gasteiger partial charge in [-0.05, 0) is 32.0 Å². The average Bonchev–Trinajstić information content (AvgIpc) is 2.77. The molecule has 11 nitrogen and oxygen atoms in total. The lowest BCUT2D eigenvalue weighted by Gasteiger charge is -2.12. The van der Waals surface area contributed by atoms with Crippen LogP contribution in [0.15, 0.2) is 41.3 Å². The smallest absolute Gasteiger partial charge is 0.344 e. The second kappa shape index (κ2) is 9.25. The van der Waals surface area contributed by atoms with E-state index in [1.165, 1.54) is 25.4 Å². The Labute approximate surface area is 181 Å². The molecule has 2 aromatic heterocycles. The van der Waals surface area contributed by atoms with Crippen molar-refractivity contribution in [1.29, 1.82) is 0 Å². The van der Waals surface area contributed by atoms with E-state index in [1.54, 1.807) is 23.6 Å². The second-order valence-corrected chi connectivity index (χ2v) is 6.75. The number of nitro benzene ring substituents is 1. The lowest BCUT2D eigenvalue weighted by molar-refractivity contribution is -0.384. The number of anilines is 1. The van der Waals surface area contributed by atoms with E-state index < -0.39 is 28.8 Å². The topological polar surface area (TPSA) is 143 Å². The summed E-state index contributed by atoms with van der Waals surface area (Å²) in [6.07, 6.45) is 1.35. The van der Waals surface area contributed by atoms with Crippen molar-refractivity contribution in [1.82, 2.24) is 9.55 Å². The number of hydrogen-bond donors (Lipinski definition) is 1. The molecule has 3 rings (SSSR count). The molecule has 11 heteroatoms. The van der Waals surface area contributed by atoms with Crippen molar-refractivity contribution >= 4 is 34.3 Å². The van der Waals surface area contributed by atoms with Gasteiger partial charge in [0, 0.05) is 30.6 Å². The number of nitrogens with one attached hydrogen (secondary N) is 1. The molecule has 1 N–H and O–H groups in total. The van der Waals surface area contributed by atoms with Gasteiger partial charge in [-0.2, -0.15) is 0 Å². The number of pyridine rings is 2. The van der Waals surface area contributed by atoms with Crippen LogP contribution < -0.4 is 15.5 Å². The van der Waals surface area contributed by atoms with Crippen LogP contribution in [0, 0.1) is 17.0 Å². The van der Waals surface area contributed by atoms with Gasteiger partial charge in [0.1, 0.15) is 17.0 Å². The minimum Gasteiger partial charge on any atom is -0.495 e.